The van der Waals surface area contributed by atoms with E-state index < -0.39 is 0 Å². The van der Waals surface area contributed by atoms with E-state index in [1.807, 2.05) is 18.5 Å². The SMILES string of the molecule is Cc1c(C)c2ncncc2c2ncccc12. The minimum atomic E-state index is 0.987. The van der Waals surface area contributed by atoms with Crippen molar-refractivity contribution < 1.29 is 0 Å². The molecule has 0 fully saturated rings. The van der Waals surface area contributed by atoms with Crippen LogP contribution in [0.5, 0.6) is 0 Å². The zero-order valence-corrected chi connectivity index (χ0v) is 9.23. The van der Waals surface area contributed by atoms with E-state index in [0.29, 0.717) is 0 Å². The molecule has 3 heteroatoms. The van der Waals surface area contributed by atoms with Gasteiger partial charge in [-0.1, -0.05) is 6.07 Å². The number of hydrogen-bond donors (Lipinski definition) is 0. The van der Waals surface area contributed by atoms with E-state index in [-0.39, 0.29) is 0 Å². The Bertz CT molecular complexity index is 628. The molecule has 3 nitrogen and oxygen atoms in total. The summed E-state index contributed by atoms with van der Waals surface area (Å²) in [6, 6.07) is 4.06. The number of hydrogen-bond acceptors (Lipinski definition) is 3. The Morgan fingerprint density at radius 3 is 2.69 bits per heavy atom. The molecule has 0 aliphatic carbocycles. The predicted molar refractivity (Wildman–Crippen MR) is 64.3 cm³/mol. The van der Waals surface area contributed by atoms with Crippen molar-refractivity contribution in [2.24, 2.45) is 0 Å². The maximum Gasteiger partial charge on any atom is 0.116 e. The van der Waals surface area contributed by atoms with Gasteiger partial charge in [-0.2, -0.15) is 0 Å². The Kier molecular flexibility index (Phi) is 1.86. The molecule has 0 unspecified atom stereocenters. The lowest BCUT2D eigenvalue weighted by molar-refractivity contribution is 1.20. The number of fused-ring (bicyclic) bond motifs is 3. The Morgan fingerprint density at radius 1 is 0.938 bits per heavy atom. The number of rotatable bonds is 0. The number of aromatic nitrogens is 3. The first-order valence-electron chi connectivity index (χ1n) is 5.22. The van der Waals surface area contributed by atoms with Crippen LogP contribution in [0.1, 0.15) is 11.1 Å². The fraction of sp³-hybridized carbons (Fsp3) is 0.154. The van der Waals surface area contributed by atoms with E-state index in [1.165, 1.54) is 16.5 Å². The molecule has 0 saturated heterocycles. The maximum atomic E-state index is 4.43. The molecule has 0 aliphatic heterocycles. The molecule has 3 rings (SSSR count). The van der Waals surface area contributed by atoms with Crippen molar-refractivity contribution in [2.75, 3.05) is 0 Å². The summed E-state index contributed by atoms with van der Waals surface area (Å²) < 4.78 is 0. The van der Waals surface area contributed by atoms with Gasteiger partial charge in [0.2, 0.25) is 0 Å². The molecule has 0 aliphatic rings. The van der Waals surface area contributed by atoms with Crippen molar-refractivity contribution in [2.45, 2.75) is 13.8 Å². The fourth-order valence-corrected chi connectivity index (χ4v) is 2.10. The van der Waals surface area contributed by atoms with Gasteiger partial charge in [0.25, 0.3) is 0 Å². The molecule has 0 atom stereocenters. The van der Waals surface area contributed by atoms with Crippen LogP contribution in [0.4, 0.5) is 0 Å². The van der Waals surface area contributed by atoms with Crippen LogP contribution in [0, 0.1) is 13.8 Å². The quantitative estimate of drug-likeness (QED) is 0.534. The van der Waals surface area contributed by atoms with E-state index in [4.69, 9.17) is 0 Å². The highest BCUT2D eigenvalue weighted by molar-refractivity contribution is 6.06. The molecular formula is C13H11N3. The molecule has 1 aromatic carbocycles. The van der Waals surface area contributed by atoms with Crippen molar-refractivity contribution >= 4 is 21.8 Å². The third kappa shape index (κ3) is 1.11. The van der Waals surface area contributed by atoms with Gasteiger partial charge in [0, 0.05) is 23.2 Å². The molecule has 0 radical (unpaired) electrons. The van der Waals surface area contributed by atoms with Crippen LogP contribution in [0.2, 0.25) is 0 Å². The van der Waals surface area contributed by atoms with Crippen molar-refractivity contribution in [1.29, 1.82) is 0 Å². The summed E-state index contributed by atoms with van der Waals surface area (Å²) in [5, 5.41) is 2.21. The Balaban J connectivity index is 2.69. The first-order chi connectivity index (χ1) is 7.79. The lowest BCUT2D eigenvalue weighted by atomic mass is 10.0. The Labute approximate surface area is 93.2 Å². The highest BCUT2D eigenvalue weighted by atomic mass is 14.8. The summed E-state index contributed by atoms with van der Waals surface area (Å²) in [5.74, 6) is 0. The molecule has 0 spiro atoms. The second-order valence-corrected chi connectivity index (χ2v) is 3.93. The molecule has 78 valence electrons. The largest absolute Gasteiger partial charge is 0.255 e. The molecular weight excluding hydrogens is 198 g/mol. The fourth-order valence-electron chi connectivity index (χ4n) is 2.10. The minimum Gasteiger partial charge on any atom is -0.255 e. The summed E-state index contributed by atoms with van der Waals surface area (Å²) in [7, 11) is 0. The van der Waals surface area contributed by atoms with Crippen LogP contribution in [0.15, 0.2) is 30.9 Å². The monoisotopic (exact) mass is 209 g/mol. The van der Waals surface area contributed by atoms with Crippen molar-refractivity contribution in [3.05, 3.63) is 42.0 Å². The van der Waals surface area contributed by atoms with Crippen LogP contribution in [-0.2, 0) is 0 Å². The Hall–Kier alpha value is -2.03. The lowest BCUT2D eigenvalue weighted by Crippen LogP contribution is -1.92. The molecule has 0 amide bonds. The smallest absolute Gasteiger partial charge is 0.116 e. The van der Waals surface area contributed by atoms with Crippen LogP contribution >= 0.6 is 0 Å². The predicted octanol–water partition coefficient (Wildman–Crippen LogP) is 2.79. The number of pyridine rings is 1. The highest BCUT2D eigenvalue weighted by Gasteiger charge is 2.09. The average Bonchev–Trinajstić information content (AvgIpc) is 2.36. The molecule has 2 heterocycles. The van der Waals surface area contributed by atoms with Crippen LogP contribution < -0.4 is 0 Å². The number of benzene rings is 1. The lowest BCUT2D eigenvalue weighted by Gasteiger charge is -2.09. The van der Waals surface area contributed by atoms with E-state index >= 15 is 0 Å². The third-order valence-electron chi connectivity index (χ3n) is 3.10. The molecule has 16 heavy (non-hydrogen) atoms. The molecule has 0 bridgehead atoms. The van der Waals surface area contributed by atoms with E-state index in [0.717, 1.165) is 16.4 Å². The maximum absolute atomic E-state index is 4.43. The second kappa shape index (κ2) is 3.23. The van der Waals surface area contributed by atoms with Gasteiger partial charge < -0.3 is 0 Å². The van der Waals surface area contributed by atoms with Crippen molar-refractivity contribution in [3.8, 4) is 0 Å². The van der Waals surface area contributed by atoms with Gasteiger partial charge in [-0.15, -0.1) is 0 Å². The number of nitrogens with zero attached hydrogens (tertiary/aromatic N) is 3. The van der Waals surface area contributed by atoms with Crippen LogP contribution in [0.25, 0.3) is 21.8 Å². The minimum absolute atomic E-state index is 0.987. The van der Waals surface area contributed by atoms with Crippen molar-refractivity contribution in [3.63, 3.8) is 0 Å². The Morgan fingerprint density at radius 2 is 1.81 bits per heavy atom. The summed E-state index contributed by atoms with van der Waals surface area (Å²) in [6.45, 7) is 4.21. The van der Waals surface area contributed by atoms with Gasteiger partial charge in [0.05, 0.1) is 11.0 Å². The molecule has 3 aromatic rings. The zero-order chi connectivity index (χ0) is 11.1. The van der Waals surface area contributed by atoms with E-state index in [2.05, 4.69) is 34.9 Å². The summed E-state index contributed by atoms with van der Waals surface area (Å²) >= 11 is 0. The van der Waals surface area contributed by atoms with E-state index in [1.54, 1.807) is 6.33 Å². The molecule has 0 saturated carbocycles. The average molecular weight is 209 g/mol. The van der Waals surface area contributed by atoms with Gasteiger partial charge in [-0.05, 0) is 31.0 Å². The molecule has 2 aromatic heterocycles. The first kappa shape index (κ1) is 9.21. The van der Waals surface area contributed by atoms with Crippen LogP contribution in [-0.4, -0.2) is 15.0 Å². The zero-order valence-electron chi connectivity index (χ0n) is 9.23. The second-order valence-electron chi connectivity index (χ2n) is 3.93. The highest BCUT2D eigenvalue weighted by Crippen LogP contribution is 2.28. The third-order valence-corrected chi connectivity index (χ3v) is 3.10. The van der Waals surface area contributed by atoms with Gasteiger partial charge in [0.1, 0.15) is 6.33 Å². The van der Waals surface area contributed by atoms with Gasteiger partial charge in [-0.25, -0.2) is 9.97 Å². The summed E-state index contributed by atoms with van der Waals surface area (Å²) in [4.78, 5) is 12.9. The first-order valence-corrected chi connectivity index (χ1v) is 5.22. The summed E-state index contributed by atoms with van der Waals surface area (Å²) in [6.07, 6.45) is 5.23. The van der Waals surface area contributed by atoms with Crippen molar-refractivity contribution in [1.82, 2.24) is 15.0 Å². The van der Waals surface area contributed by atoms with E-state index in [9.17, 15) is 0 Å². The normalized spacial score (nSPS) is 11.1. The van der Waals surface area contributed by atoms with Gasteiger partial charge >= 0.3 is 0 Å². The molecule has 0 N–H and O–H groups in total. The standard InChI is InChI=1S/C13H11N3/c1-8-9(2)12-11(6-14-7-16-12)13-10(8)4-3-5-15-13/h3-7H,1-2H3. The van der Waals surface area contributed by atoms with Gasteiger partial charge in [-0.3, -0.25) is 4.98 Å². The van der Waals surface area contributed by atoms with Gasteiger partial charge in [0.15, 0.2) is 0 Å². The van der Waals surface area contributed by atoms with Crippen LogP contribution in [0.3, 0.4) is 0 Å². The summed E-state index contributed by atoms with van der Waals surface area (Å²) in [5.41, 5.74) is 4.44. The topological polar surface area (TPSA) is 38.7 Å². The number of aryl methyl sites for hydroxylation is 2.